The molecule has 3 heterocycles. The highest BCUT2D eigenvalue weighted by Crippen LogP contribution is 2.29. The number of nitrogens with one attached hydrogen (secondary N) is 2. The molecule has 2 aliphatic heterocycles. The molecule has 84 valence electrons. The van der Waals surface area contributed by atoms with Gasteiger partial charge in [-0.25, -0.2) is 9.97 Å². The summed E-state index contributed by atoms with van der Waals surface area (Å²) in [6, 6.07) is 0. The van der Waals surface area contributed by atoms with Gasteiger partial charge < -0.3 is 15.4 Å². The Labute approximate surface area is 92.4 Å². The third-order valence-electron chi connectivity index (χ3n) is 2.72. The van der Waals surface area contributed by atoms with Crippen molar-refractivity contribution in [3.8, 4) is 0 Å². The number of fused-ring (bicyclic) bond motifs is 1. The van der Waals surface area contributed by atoms with Crippen LogP contribution in [0, 0.1) is 0 Å². The minimum absolute atomic E-state index is 0.00438. The third-order valence-corrected chi connectivity index (χ3v) is 2.72. The van der Waals surface area contributed by atoms with Gasteiger partial charge in [0.15, 0.2) is 11.6 Å². The molecule has 0 aromatic carbocycles. The number of anilines is 2. The third kappa shape index (κ3) is 1.61. The van der Waals surface area contributed by atoms with Gasteiger partial charge in [-0.1, -0.05) is 0 Å². The number of rotatable bonds is 1. The summed E-state index contributed by atoms with van der Waals surface area (Å²) in [6.45, 7) is 1.03. The Morgan fingerprint density at radius 1 is 1.50 bits per heavy atom. The fourth-order valence-corrected chi connectivity index (χ4v) is 1.92. The summed E-state index contributed by atoms with van der Waals surface area (Å²) in [5.41, 5.74) is 0.637. The number of hydrogen-bond donors (Lipinski definition) is 2. The van der Waals surface area contributed by atoms with Crippen molar-refractivity contribution in [1.29, 1.82) is 0 Å². The molecule has 16 heavy (non-hydrogen) atoms. The van der Waals surface area contributed by atoms with Crippen molar-refractivity contribution in [1.82, 2.24) is 9.97 Å². The standard InChI is InChI=1S/C10H12N4O2/c15-8-5-12-9-6(13-8)4-11-10(14-9)7-2-1-3-16-7/h4,7H,1-3,5H2,(H,13,15)(H,11,12,14). The van der Waals surface area contributed by atoms with Gasteiger partial charge in [-0.2, -0.15) is 0 Å². The number of aromatic nitrogens is 2. The monoisotopic (exact) mass is 220 g/mol. The number of ether oxygens (including phenoxy) is 1. The molecule has 0 bridgehead atoms. The van der Waals surface area contributed by atoms with Crippen molar-refractivity contribution < 1.29 is 9.53 Å². The summed E-state index contributed by atoms with van der Waals surface area (Å²) in [5.74, 6) is 1.31. The van der Waals surface area contributed by atoms with Crippen LogP contribution in [0.5, 0.6) is 0 Å². The van der Waals surface area contributed by atoms with Crippen LogP contribution in [0.25, 0.3) is 0 Å². The van der Waals surface area contributed by atoms with Gasteiger partial charge in [0.05, 0.1) is 12.7 Å². The van der Waals surface area contributed by atoms with Crippen LogP contribution in [0.15, 0.2) is 6.20 Å². The Morgan fingerprint density at radius 3 is 3.25 bits per heavy atom. The van der Waals surface area contributed by atoms with Crippen molar-refractivity contribution in [3.05, 3.63) is 12.0 Å². The average Bonchev–Trinajstić information content (AvgIpc) is 2.82. The van der Waals surface area contributed by atoms with Crippen molar-refractivity contribution in [2.75, 3.05) is 23.8 Å². The highest BCUT2D eigenvalue weighted by atomic mass is 16.5. The normalized spacial score (nSPS) is 23.5. The molecular formula is C10H12N4O2. The van der Waals surface area contributed by atoms with E-state index in [1.54, 1.807) is 6.20 Å². The second kappa shape index (κ2) is 3.71. The molecule has 1 unspecified atom stereocenters. The van der Waals surface area contributed by atoms with Crippen molar-refractivity contribution in [3.63, 3.8) is 0 Å². The van der Waals surface area contributed by atoms with Crippen LogP contribution in [0.2, 0.25) is 0 Å². The zero-order valence-corrected chi connectivity index (χ0v) is 8.69. The van der Waals surface area contributed by atoms with Crippen LogP contribution < -0.4 is 10.6 Å². The SMILES string of the molecule is O=C1CNc2nc(C3CCCO3)ncc2N1. The summed E-state index contributed by atoms with van der Waals surface area (Å²) in [5, 5.41) is 5.67. The zero-order valence-electron chi connectivity index (χ0n) is 8.69. The van der Waals surface area contributed by atoms with E-state index in [2.05, 4.69) is 20.6 Å². The highest BCUT2D eigenvalue weighted by Gasteiger charge is 2.23. The van der Waals surface area contributed by atoms with E-state index in [1.165, 1.54) is 0 Å². The maximum absolute atomic E-state index is 11.1. The average molecular weight is 220 g/mol. The number of carbonyl (C=O) groups is 1. The fourth-order valence-electron chi connectivity index (χ4n) is 1.92. The van der Waals surface area contributed by atoms with E-state index < -0.39 is 0 Å². The smallest absolute Gasteiger partial charge is 0.243 e. The number of amides is 1. The number of hydrogen-bond acceptors (Lipinski definition) is 5. The first-order valence-electron chi connectivity index (χ1n) is 5.35. The van der Waals surface area contributed by atoms with Gasteiger partial charge >= 0.3 is 0 Å². The fraction of sp³-hybridized carbons (Fsp3) is 0.500. The molecular weight excluding hydrogens is 208 g/mol. The first-order chi connectivity index (χ1) is 7.83. The van der Waals surface area contributed by atoms with E-state index in [-0.39, 0.29) is 18.6 Å². The van der Waals surface area contributed by atoms with Gasteiger partial charge in [0, 0.05) is 6.61 Å². The van der Waals surface area contributed by atoms with Gasteiger partial charge in [-0.3, -0.25) is 4.79 Å². The quantitative estimate of drug-likeness (QED) is 0.728. The lowest BCUT2D eigenvalue weighted by Gasteiger charge is -2.18. The lowest BCUT2D eigenvalue weighted by atomic mass is 10.2. The Hall–Kier alpha value is -1.69. The van der Waals surface area contributed by atoms with E-state index in [1.807, 2.05) is 0 Å². The molecule has 1 fully saturated rings. The summed E-state index contributed by atoms with van der Waals surface area (Å²) in [7, 11) is 0. The molecule has 1 aromatic rings. The summed E-state index contributed by atoms with van der Waals surface area (Å²) in [6.07, 6.45) is 3.65. The Bertz CT molecular complexity index is 429. The first kappa shape index (κ1) is 9.53. The Morgan fingerprint density at radius 2 is 2.44 bits per heavy atom. The van der Waals surface area contributed by atoms with Gasteiger partial charge in [-0.05, 0) is 12.8 Å². The molecule has 1 aromatic heterocycles. The van der Waals surface area contributed by atoms with E-state index in [0.29, 0.717) is 17.3 Å². The molecule has 6 heteroatoms. The van der Waals surface area contributed by atoms with Crippen LogP contribution in [0.3, 0.4) is 0 Å². The molecule has 0 spiro atoms. The van der Waals surface area contributed by atoms with Gasteiger partial charge in [0.25, 0.3) is 0 Å². The largest absolute Gasteiger partial charge is 0.370 e. The predicted octanol–water partition coefficient (Wildman–Crippen LogP) is 0.692. The number of carbonyl (C=O) groups excluding carboxylic acids is 1. The maximum Gasteiger partial charge on any atom is 0.243 e. The number of nitrogens with zero attached hydrogens (tertiary/aromatic N) is 2. The topological polar surface area (TPSA) is 76.1 Å². The molecule has 2 N–H and O–H groups in total. The molecule has 1 atom stereocenters. The van der Waals surface area contributed by atoms with E-state index in [0.717, 1.165) is 19.4 Å². The maximum atomic E-state index is 11.1. The second-order valence-corrected chi connectivity index (χ2v) is 3.89. The van der Waals surface area contributed by atoms with Crippen molar-refractivity contribution in [2.45, 2.75) is 18.9 Å². The molecule has 0 aliphatic carbocycles. The van der Waals surface area contributed by atoms with E-state index in [9.17, 15) is 4.79 Å². The lowest BCUT2D eigenvalue weighted by Crippen LogP contribution is -2.28. The molecule has 6 nitrogen and oxygen atoms in total. The van der Waals surface area contributed by atoms with Crippen LogP contribution in [-0.4, -0.2) is 29.0 Å². The van der Waals surface area contributed by atoms with Crippen LogP contribution in [-0.2, 0) is 9.53 Å². The van der Waals surface area contributed by atoms with Crippen LogP contribution >= 0.6 is 0 Å². The molecule has 1 saturated heterocycles. The minimum Gasteiger partial charge on any atom is -0.370 e. The molecule has 2 aliphatic rings. The Kier molecular flexibility index (Phi) is 2.21. The zero-order chi connectivity index (χ0) is 11.0. The van der Waals surface area contributed by atoms with Crippen LogP contribution in [0.4, 0.5) is 11.5 Å². The first-order valence-corrected chi connectivity index (χ1v) is 5.35. The van der Waals surface area contributed by atoms with Gasteiger partial charge in [0.2, 0.25) is 5.91 Å². The lowest BCUT2D eigenvalue weighted by molar-refractivity contribution is -0.114. The molecule has 0 radical (unpaired) electrons. The van der Waals surface area contributed by atoms with Crippen LogP contribution in [0.1, 0.15) is 24.8 Å². The second-order valence-electron chi connectivity index (χ2n) is 3.89. The van der Waals surface area contributed by atoms with Crippen molar-refractivity contribution >= 4 is 17.4 Å². The van der Waals surface area contributed by atoms with E-state index in [4.69, 9.17) is 4.74 Å². The summed E-state index contributed by atoms with van der Waals surface area (Å²) in [4.78, 5) is 19.7. The van der Waals surface area contributed by atoms with Gasteiger partial charge in [0.1, 0.15) is 11.8 Å². The summed E-state index contributed by atoms with van der Waals surface area (Å²) >= 11 is 0. The molecule has 0 saturated carbocycles. The van der Waals surface area contributed by atoms with Gasteiger partial charge in [-0.15, -0.1) is 0 Å². The van der Waals surface area contributed by atoms with Crippen molar-refractivity contribution in [2.24, 2.45) is 0 Å². The predicted molar refractivity (Wildman–Crippen MR) is 57.1 cm³/mol. The van der Waals surface area contributed by atoms with E-state index >= 15 is 0 Å². The summed E-state index contributed by atoms with van der Waals surface area (Å²) < 4.78 is 5.51. The minimum atomic E-state index is -0.0685. The highest BCUT2D eigenvalue weighted by molar-refractivity contribution is 5.99. The molecule has 3 rings (SSSR count). The Balaban J connectivity index is 1.89. The molecule has 1 amide bonds.